The fraction of sp³-hybridized carbons (Fsp3) is 0.467. The molecule has 1 aromatic rings. The molecular formula is C15H21N3O2. The van der Waals surface area contributed by atoms with Crippen molar-refractivity contribution in [1.29, 1.82) is 0 Å². The first kappa shape index (κ1) is 16.0. The Kier molecular flexibility index (Phi) is 6.03. The van der Waals surface area contributed by atoms with Gasteiger partial charge in [-0.1, -0.05) is 13.0 Å². The molecule has 0 aliphatic heterocycles. The molecule has 1 atom stereocenters. The van der Waals surface area contributed by atoms with E-state index in [9.17, 15) is 9.59 Å². The number of carbonyl (C=O) groups is 2. The second kappa shape index (κ2) is 7.53. The van der Waals surface area contributed by atoms with Gasteiger partial charge in [0.15, 0.2) is 0 Å². The van der Waals surface area contributed by atoms with E-state index < -0.39 is 0 Å². The van der Waals surface area contributed by atoms with E-state index in [0.29, 0.717) is 12.1 Å². The molecule has 0 saturated carbocycles. The minimum absolute atomic E-state index is 0.0244. The summed E-state index contributed by atoms with van der Waals surface area (Å²) in [7, 11) is 1.60. The highest BCUT2D eigenvalue weighted by molar-refractivity contribution is 5.95. The van der Waals surface area contributed by atoms with E-state index in [4.69, 9.17) is 0 Å². The summed E-state index contributed by atoms with van der Waals surface area (Å²) in [5.41, 5.74) is 2.39. The molecular weight excluding hydrogens is 254 g/mol. The van der Waals surface area contributed by atoms with Crippen LogP contribution < -0.4 is 5.32 Å². The van der Waals surface area contributed by atoms with Crippen LogP contribution in [0.15, 0.2) is 28.4 Å². The number of hydrogen-bond donors (Lipinski definition) is 1. The molecule has 0 radical (unpaired) electrons. The zero-order valence-electron chi connectivity index (χ0n) is 12.4. The van der Waals surface area contributed by atoms with Gasteiger partial charge in [0, 0.05) is 25.1 Å². The number of amides is 1. The Hall–Kier alpha value is -2.04. The maximum atomic E-state index is 12.1. The standard InChI is InChI=1S/C15H21N3O2/c1-5-12(8-11(3)19)15(20)17-13-7-6-10(2)14(9-13)18-16-4/h6-7,9,12H,5,8H2,1-4H3,(H,17,20). The minimum Gasteiger partial charge on any atom is -0.326 e. The fourth-order valence-electron chi connectivity index (χ4n) is 1.92. The monoisotopic (exact) mass is 275 g/mol. The molecule has 1 amide bonds. The number of nitrogens with zero attached hydrogens (tertiary/aromatic N) is 2. The molecule has 5 nitrogen and oxygen atoms in total. The van der Waals surface area contributed by atoms with Crippen LogP contribution in [0.1, 0.15) is 32.3 Å². The molecule has 0 aliphatic carbocycles. The van der Waals surface area contributed by atoms with E-state index in [-0.39, 0.29) is 24.0 Å². The molecule has 108 valence electrons. The highest BCUT2D eigenvalue weighted by Crippen LogP contribution is 2.24. The van der Waals surface area contributed by atoms with E-state index in [1.807, 2.05) is 26.0 Å². The van der Waals surface area contributed by atoms with Crippen molar-refractivity contribution in [1.82, 2.24) is 0 Å². The van der Waals surface area contributed by atoms with Gasteiger partial charge < -0.3 is 10.1 Å². The number of rotatable bonds is 6. The number of Topliss-reactive ketones (excluding diaryl/α,β-unsaturated/α-hetero) is 1. The van der Waals surface area contributed by atoms with Crippen molar-refractivity contribution in [3.05, 3.63) is 23.8 Å². The van der Waals surface area contributed by atoms with Crippen molar-refractivity contribution in [2.75, 3.05) is 12.4 Å². The van der Waals surface area contributed by atoms with Crippen molar-refractivity contribution in [3.8, 4) is 0 Å². The van der Waals surface area contributed by atoms with Gasteiger partial charge in [-0.25, -0.2) is 0 Å². The quantitative estimate of drug-likeness (QED) is 0.805. The topological polar surface area (TPSA) is 70.9 Å². The van der Waals surface area contributed by atoms with E-state index in [0.717, 1.165) is 11.3 Å². The van der Waals surface area contributed by atoms with Crippen molar-refractivity contribution < 1.29 is 9.59 Å². The SMILES string of the molecule is CCC(CC(C)=O)C(=O)Nc1ccc(C)c(N=NC)c1. The van der Waals surface area contributed by atoms with E-state index in [1.165, 1.54) is 6.92 Å². The van der Waals surface area contributed by atoms with Crippen LogP contribution in [-0.2, 0) is 9.59 Å². The third kappa shape index (κ3) is 4.57. The summed E-state index contributed by atoms with van der Waals surface area (Å²) >= 11 is 0. The maximum Gasteiger partial charge on any atom is 0.227 e. The van der Waals surface area contributed by atoms with Gasteiger partial charge in [0.05, 0.1) is 5.69 Å². The lowest BCUT2D eigenvalue weighted by atomic mass is 9.99. The summed E-state index contributed by atoms with van der Waals surface area (Å²) in [5.74, 6) is -0.396. The van der Waals surface area contributed by atoms with Crippen LogP contribution in [0.25, 0.3) is 0 Å². The second-order valence-electron chi connectivity index (χ2n) is 4.80. The first-order valence-corrected chi connectivity index (χ1v) is 6.68. The Morgan fingerprint density at radius 2 is 2.05 bits per heavy atom. The zero-order valence-corrected chi connectivity index (χ0v) is 12.4. The number of nitrogens with one attached hydrogen (secondary N) is 1. The van der Waals surface area contributed by atoms with Crippen molar-refractivity contribution in [2.45, 2.75) is 33.6 Å². The van der Waals surface area contributed by atoms with E-state index in [1.54, 1.807) is 13.1 Å². The molecule has 1 rings (SSSR count). The third-order valence-electron chi connectivity index (χ3n) is 3.08. The van der Waals surface area contributed by atoms with Gasteiger partial charge in [0.25, 0.3) is 0 Å². The molecule has 0 saturated heterocycles. The van der Waals surface area contributed by atoms with Gasteiger partial charge in [-0.2, -0.15) is 10.2 Å². The number of ketones is 1. The zero-order chi connectivity index (χ0) is 15.1. The number of anilines is 1. The van der Waals surface area contributed by atoms with Crippen LogP contribution in [0.3, 0.4) is 0 Å². The molecule has 0 bridgehead atoms. The van der Waals surface area contributed by atoms with Crippen LogP contribution >= 0.6 is 0 Å². The molecule has 0 aromatic heterocycles. The van der Waals surface area contributed by atoms with Crippen LogP contribution in [-0.4, -0.2) is 18.7 Å². The lowest BCUT2D eigenvalue weighted by molar-refractivity contribution is -0.125. The Labute approximate surface area is 119 Å². The van der Waals surface area contributed by atoms with E-state index in [2.05, 4.69) is 15.5 Å². The van der Waals surface area contributed by atoms with Crippen LogP contribution in [0.5, 0.6) is 0 Å². The molecule has 1 N–H and O–H groups in total. The van der Waals surface area contributed by atoms with Crippen LogP contribution in [0, 0.1) is 12.8 Å². The fourth-order valence-corrected chi connectivity index (χ4v) is 1.92. The average molecular weight is 275 g/mol. The van der Waals surface area contributed by atoms with Crippen molar-refractivity contribution in [3.63, 3.8) is 0 Å². The number of hydrogen-bond acceptors (Lipinski definition) is 4. The third-order valence-corrected chi connectivity index (χ3v) is 3.08. The molecule has 0 heterocycles. The lowest BCUT2D eigenvalue weighted by Crippen LogP contribution is -2.24. The molecule has 20 heavy (non-hydrogen) atoms. The molecule has 5 heteroatoms. The van der Waals surface area contributed by atoms with Crippen LogP contribution in [0.2, 0.25) is 0 Å². The summed E-state index contributed by atoms with van der Waals surface area (Å²) in [6.07, 6.45) is 0.911. The smallest absolute Gasteiger partial charge is 0.227 e. The van der Waals surface area contributed by atoms with Gasteiger partial charge in [-0.3, -0.25) is 4.79 Å². The number of benzene rings is 1. The Morgan fingerprint density at radius 1 is 1.35 bits per heavy atom. The van der Waals surface area contributed by atoms with E-state index >= 15 is 0 Å². The minimum atomic E-state index is -0.287. The first-order valence-electron chi connectivity index (χ1n) is 6.68. The summed E-state index contributed by atoms with van der Waals surface area (Å²) in [6, 6.07) is 5.48. The molecule has 1 aromatic carbocycles. The summed E-state index contributed by atoms with van der Waals surface area (Å²) in [6.45, 7) is 5.33. The highest BCUT2D eigenvalue weighted by Gasteiger charge is 2.18. The largest absolute Gasteiger partial charge is 0.326 e. The molecule has 1 unspecified atom stereocenters. The van der Waals surface area contributed by atoms with Gasteiger partial charge in [-0.15, -0.1) is 0 Å². The second-order valence-corrected chi connectivity index (χ2v) is 4.80. The predicted octanol–water partition coefficient (Wildman–Crippen LogP) is 3.65. The number of carbonyl (C=O) groups excluding carboxylic acids is 2. The first-order chi connectivity index (χ1) is 9.47. The highest BCUT2D eigenvalue weighted by atomic mass is 16.2. The Morgan fingerprint density at radius 3 is 2.60 bits per heavy atom. The summed E-state index contributed by atoms with van der Waals surface area (Å²) < 4.78 is 0. The Bertz CT molecular complexity index is 524. The summed E-state index contributed by atoms with van der Waals surface area (Å²) in [4.78, 5) is 23.3. The number of azo groups is 1. The summed E-state index contributed by atoms with van der Waals surface area (Å²) in [5, 5.41) is 10.6. The van der Waals surface area contributed by atoms with Gasteiger partial charge in [-0.05, 0) is 38.0 Å². The Balaban J connectivity index is 2.84. The van der Waals surface area contributed by atoms with Gasteiger partial charge in [0.1, 0.15) is 5.78 Å². The normalized spacial score (nSPS) is 12.4. The van der Waals surface area contributed by atoms with Gasteiger partial charge in [0.2, 0.25) is 5.91 Å². The van der Waals surface area contributed by atoms with Crippen LogP contribution in [0.4, 0.5) is 11.4 Å². The average Bonchev–Trinajstić information content (AvgIpc) is 2.39. The lowest BCUT2D eigenvalue weighted by Gasteiger charge is -2.14. The molecule has 0 aliphatic rings. The predicted molar refractivity (Wildman–Crippen MR) is 79.3 cm³/mol. The maximum absolute atomic E-state index is 12.1. The molecule has 0 spiro atoms. The van der Waals surface area contributed by atoms with Gasteiger partial charge >= 0.3 is 0 Å². The number of aryl methyl sites for hydroxylation is 1. The van der Waals surface area contributed by atoms with Crippen molar-refractivity contribution in [2.24, 2.45) is 16.1 Å². The van der Waals surface area contributed by atoms with Crippen molar-refractivity contribution >= 4 is 23.1 Å². The molecule has 0 fully saturated rings.